The second-order valence-corrected chi connectivity index (χ2v) is 6.20. The molecule has 0 spiro atoms. The summed E-state index contributed by atoms with van der Waals surface area (Å²) in [6.07, 6.45) is 1.72. The molecule has 25 heavy (non-hydrogen) atoms. The quantitative estimate of drug-likeness (QED) is 0.678. The topological polar surface area (TPSA) is 48.3 Å². The van der Waals surface area contributed by atoms with Crippen LogP contribution in [0.25, 0.3) is 11.1 Å². The van der Waals surface area contributed by atoms with Crippen LogP contribution in [-0.2, 0) is 22.2 Å². The average molecular weight is 331 g/mol. The molecule has 0 N–H and O–H groups in total. The molecular formula is C21H17NO3. The van der Waals surface area contributed by atoms with E-state index in [-0.39, 0.29) is 5.43 Å². The maximum Gasteiger partial charge on any atom is 0.304 e. The van der Waals surface area contributed by atoms with Gasteiger partial charge in [-0.25, -0.2) is 0 Å². The van der Waals surface area contributed by atoms with Gasteiger partial charge in [0.15, 0.2) is 5.43 Å². The van der Waals surface area contributed by atoms with Gasteiger partial charge in [-0.05, 0) is 5.56 Å². The highest BCUT2D eigenvalue weighted by atomic mass is 16.6. The molecule has 0 radical (unpaired) electrons. The van der Waals surface area contributed by atoms with Crippen molar-refractivity contribution in [3.63, 3.8) is 0 Å². The highest BCUT2D eigenvalue weighted by molar-refractivity contribution is 5.83. The van der Waals surface area contributed by atoms with Crippen molar-refractivity contribution in [2.24, 2.45) is 7.05 Å². The Hall–Kier alpha value is -3.14. The molecule has 0 saturated heterocycles. The maximum absolute atomic E-state index is 12.7. The Morgan fingerprint density at radius 3 is 2.40 bits per heavy atom. The Morgan fingerprint density at radius 2 is 1.68 bits per heavy atom. The Morgan fingerprint density at radius 1 is 1.00 bits per heavy atom. The van der Waals surface area contributed by atoms with Gasteiger partial charge in [-0.1, -0.05) is 54.6 Å². The molecule has 1 aromatic heterocycles. The van der Waals surface area contributed by atoms with Gasteiger partial charge in [0.05, 0.1) is 11.3 Å². The molecule has 4 rings (SSSR count). The molecule has 4 nitrogen and oxygen atoms in total. The van der Waals surface area contributed by atoms with E-state index in [0.717, 1.165) is 16.7 Å². The molecule has 1 heterocycles. The molecule has 0 aliphatic heterocycles. The molecule has 1 unspecified atom stereocenters. The number of benzene rings is 2. The van der Waals surface area contributed by atoms with E-state index in [2.05, 4.69) is 0 Å². The van der Waals surface area contributed by atoms with Crippen LogP contribution in [0.5, 0.6) is 0 Å². The molecule has 4 heteroatoms. The van der Waals surface area contributed by atoms with Gasteiger partial charge in [-0.3, -0.25) is 9.59 Å². The van der Waals surface area contributed by atoms with Crippen LogP contribution in [0.1, 0.15) is 23.7 Å². The summed E-state index contributed by atoms with van der Waals surface area (Å²) in [6, 6.07) is 18.7. The SMILES string of the molecule is CC(=O)OC1(c2ccccc2)c2ccccc2-c2c1n(C)ccc2=O. The summed E-state index contributed by atoms with van der Waals surface area (Å²) >= 11 is 0. The van der Waals surface area contributed by atoms with Gasteiger partial charge in [0.1, 0.15) is 0 Å². The maximum atomic E-state index is 12.7. The van der Waals surface area contributed by atoms with E-state index in [9.17, 15) is 9.59 Å². The summed E-state index contributed by atoms with van der Waals surface area (Å²) in [7, 11) is 1.87. The van der Waals surface area contributed by atoms with Crippen LogP contribution in [0.15, 0.2) is 71.7 Å². The number of nitrogens with zero attached hydrogens (tertiary/aromatic N) is 1. The van der Waals surface area contributed by atoms with Crippen molar-refractivity contribution in [1.29, 1.82) is 0 Å². The Balaban J connectivity index is 2.21. The van der Waals surface area contributed by atoms with Crippen LogP contribution in [0.2, 0.25) is 0 Å². The monoisotopic (exact) mass is 331 g/mol. The fourth-order valence-electron chi connectivity index (χ4n) is 3.79. The molecule has 1 aliphatic carbocycles. The van der Waals surface area contributed by atoms with Crippen molar-refractivity contribution in [1.82, 2.24) is 4.57 Å². The Bertz CT molecular complexity index is 1040. The van der Waals surface area contributed by atoms with Gasteiger partial charge < -0.3 is 9.30 Å². The van der Waals surface area contributed by atoms with Crippen LogP contribution in [0.3, 0.4) is 0 Å². The summed E-state index contributed by atoms with van der Waals surface area (Å²) in [5.74, 6) is -0.400. The smallest absolute Gasteiger partial charge is 0.304 e. The lowest BCUT2D eigenvalue weighted by molar-refractivity contribution is -0.150. The van der Waals surface area contributed by atoms with Crippen LogP contribution in [0, 0.1) is 0 Å². The third-order valence-corrected chi connectivity index (χ3v) is 4.67. The second kappa shape index (κ2) is 5.45. The number of aryl methyl sites for hydroxylation is 1. The zero-order valence-corrected chi connectivity index (χ0v) is 14.0. The van der Waals surface area contributed by atoms with Gasteiger partial charge in [-0.2, -0.15) is 0 Å². The van der Waals surface area contributed by atoms with E-state index in [0.29, 0.717) is 11.3 Å². The first-order valence-electron chi connectivity index (χ1n) is 8.11. The summed E-state index contributed by atoms with van der Waals surface area (Å²) in [5.41, 5.74) is 2.50. The number of hydrogen-bond donors (Lipinski definition) is 0. The fraction of sp³-hybridized carbons (Fsp3) is 0.143. The van der Waals surface area contributed by atoms with Gasteiger partial charge in [0, 0.05) is 37.4 Å². The first kappa shape index (κ1) is 15.4. The first-order chi connectivity index (χ1) is 12.1. The lowest BCUT2D eigenvalue weighted by atomic mass is 9.86. The van der Waals surface area contributed by atoms with Crippen LogP contribution < -0.4 is 5.43 Å². The first-order valence-corrected chi connectivity index (χ1v) is 8.11. The molecule has 3 aromatic rings. The van der Waals surface area contributed by atoms with Crippen molar-refractivity contribution in [3.8, 4) is 11.1 Å². The second-order valence-electron chi connectivity index (χ2n) is 6.20. The lowest BCUT2D eigenvalue weighted by Gasteiger charge is -2.32. The van der Waals surface area contributed by atoms with Crippen LogP contribution in [0.4, 0.5) is 0 Å². The standard InChI is InChI=1S/C21H17NO3/c1-14(23)25-21(15-8-4-3-5-9-15)17-11-7-6-10-16(17)19-18(24)12-13-22(2)20(19)21/h3-13H,1-2H3. The van der Waals surface area contributed by atoms with Crippen molar-refractivity contribution in [3.05, 3.63) is 93.9 Å². The van der Waals surface area contributed by atoms with Crippen LogP contribution in [-0.4, -0.2) is 10.5 Å². The molecule has 124 valence electrons. The zero-order chi connectivity index (χ0) is 17.6. The molecule has 0 fully saturated rings. The molecule has 1 atom stereocenters. The largest absolute Gasteiger partial charge is 0.443 e. The predicted molar refractivity (Wildman–Crippen MR) is 95.2 cm³/mol. The van der Waals surface area contributed by atoms with Gasteiger partial charge in [-0.15, -0.1) is 0 Å². The molecule has 0 bridgehead atoms. The zero-order valence-electron chi connectivity index (χ0n) is 14.0. The highest BCUT2D eigenvalue weighted by Crippen LogP contribution is 2.51. The van der Waals surface area contributed by atoms with E-state index in [4.69, 9.17) is 4.74 Å². The summed E-state index contributed by atoms with van der Waals surface area (Å²) in [5, 5.41) is 0. The summed E-state index contributed by atoms with van der Waals surface area (Å²) < 4.78 is 7.84. The van der Waals surface area contributed by atoms with E-state index in [1.165, 1.54) is 6.92 Å². The predicted octanol–water partition coefficient (Wildman–Crippen LogP) is 3.22. The number of ether oxygens (including phenoxy) is 1. The van der Waals surface area contributed by atoms with Gasteiger partial charge in [0.2, 0.25) is 5.60 Å². The van der Waals surface area contributed by atoms with Crippen molar-refractivity contribution in [2.45, 2.75) is 12.5 Å². The van der Waals surface area contributed by atoms with Gasteiger partial charge >= 0.3 is 5.97 Å². The lowest BCUT2D eigenvalue weighted by Crippen LogP contribution is -2.35. The third-order valence-electron chi connectivity index (χ3n) is 4.67. The Labute approximate surface area is 145 Å². The molecule has 0 saturated carbocycles. The fourth-order valence-corrected chi connectivity index (χ4v) is 3.79. The van der Waals surface area contributed by atoms with E-state index < -0.39 is 11.6 Å². The Kier molecular flexibility index (Phi) is 3.35. The number of rotatable bonds is 2. The highest BCUT2D eigenvalue weighted by Gasteiger charge is 2.50. The molecular weight excluding hydrogens is 314 g/mol. The van der Waals surface area contributed by atoms with Crippen molar-refractivity contribution in [2.75, 3.05) is 0 Å². The van der Waals surface area contributed by atoms with Gasteiger partial charge in [0.25, 0.3) is 0 Å². The minimum absolute atomic E-state index is 0.0782. The number of aromatic nitrogens is 1. The number of hydrogen-bond acceptors (Lipinski definition) is 3. The minimum atomic E-state index is -1.13. The number of carbonyl (C=O) groups excluding carboxylic acids is 1. The summed E-state index contributed by atoms with van der Waals surface area (Å²) in [4.78, 5) is 24.8. The third kappa shape index (κ3) is 2.07. The normalized spacial score (nSPS) is 17.7. The van der Waals surface area contributed by atoms with E-state index in [1.807, 2.05) is 66.2 Å². The number of esters is 1. The van der Waals surface area contributed by atoms with Crippen LogP contribution >= 0.6 is 0 Å². The number of carbonyl (C=O) groups is 1. The van der Waals surface area contributed by atoms with E-state index >= 15 is 0 Å². The van der Waals surface area contributed by atoms with Crippen molar-refractivity contribution >= 4 is 5.97 Å². The molecule has 0 amide bonds. The molecule has 1 aliphatic rings. The molecule has 2 aromatic carbocycles. The number of pyridine rings is 1. The number of fused-ring (bicyclic) bond motifs is 3. The minimum Gasteiger partial charge on any atom is -0.443 e. The summed E-state index contributed by atoms with van der Waals surface area (Å²) in [6.45, 7) is 1.40. The van der Waals surface area contributed by atoms with Crippen molar-refractivity contribution < 1.29 is 9.53 Å². The van der Waals surface area contributed by atoms with E-state index in [1.54, 1.807) is 12.3 Å². The average Bonchev–Trinajstić information content (AvgIpc) is 2.91.